The highest BCUT2D eigenvalue weighted by molar-refractivity contribution is 7.21. The van der Waals surface area contributed by atoms with Crippen LogP contribution in [-0.2, 0) is 6.61 Å². The summed E-state index contributed by atoms with van der Waals surface area (Å²) in [5.41, 5.74) is 1.55. The van der Waals surface area contributed by atoms with Crippen LogP contribution in [0.5, 0.6) is 5.75 Å². The summed E-state index contributed by atoms with van der Waals surface area (Å²) in [5, 5.41) is 4.75. The standard InChI is InChI=1S/C21H20N6O3S/c1-14-23-18(25-30-14)13-29-16-6-4-15(5-7-16)20(28)26-9-11-27(12-10-26)21-24-17-3-2-8-22-19(17)31-21/h2-8H,9-13H2,1H3. The van der Waals surface area contributed by atoms with E-state index in [2.05, 4.69) is 25.0 Å². The molecule has 5 rings (SSSR count). The second kappa shape index (κ2) is 8.31. The third-order valence-corrected chi connectivity index (χ3v) is 6.07. The van der Waals surface area contributed by atoms with Crippen LogP contribution in [0.25, 0.3) is 10.3 Å². The summed E-state index contributed by atoms with van der Waals surface area (Å²) in [6.45, 7) is 4.74. The fraction of sp³-hybridized carbons (Fsp3) is 0.286. The van der Waals surface area contributed by atoms with E-state index in [0.717, 1.165) is 28.6 Å². The first-order valence-electron chi connectivity index (χ1n) is 9.93. The molecule has 0 atom stereocenters. The van der Waals surface area contributed by atoms with E-state index in [1.54, 1.807) is 48.7 Å². The molecule has 1 aliphatic heterocycles. The normalized spacial score (nSPS) is 14.2. The molecule has 0 aliphatic carbocycles. The lowest BCUT2D eigenvalue weighted by Crippen LogP contribution is -2.48. The van der Waals surface area contributed by atoms with Crippen molar-refractivity contribution in [1.82, 2.24) is 25.0 Å². The molecule has 0 saturated carbocycles. The second-order valence-electron chi connectivity index (χ2n) is 7.15. The highest BCUT2D eigenvalue weighted by Crippen LogP contribution is 2.28. The quantitative estimate of drug-likeness (QED) is 0.471. The minimum absolute atomic E-state index is 0.0194. The number of amides is 1. The van der Waals surface area contributed by atoms with Crippen molar-refractivity contribution >= 4 is 32.7 Å². The zero-order chi connectivity index (χ0) is 21.2. The van der Waals surface area contributed by atoms with Crippen LogP contribution in [0.3, 0.4) is 0 Å². The minimum Gasteiger partial charge on any atom is -0.485 e. The number of hydrogen-bond acceptors (Lipinski definition) is 9. The maximum atomic E-state index is 12.9. The number of nitrogens with zero attached hydrogens (tertiary/aromatic N) is 6. The van der Waals surface area contributed by atoms with Crippen LogP contribution in [0.1, 0.15) is 22.1 Å². The molecule has 10 heteroatoms. The number of pyridine rings is 1. The summed E-state index contributed by atoms with van der Waals surface area (Å²) < 4.78 is 10.6. The van der Waals surface area contributed by atoms with E-state index in [1.165, 1.54) is 0 Å². The third kappa shape index (κ3) is 4.19. The molecule has 1 aromatic carbocycles. The highest BCUT2D eigenvalue weighted by Gasteiger charge is 2.24. The van der Waals surface area contributed by atoms with Crippen LogP contribution in [0.15, 0.2) is 47.1 Å². The van der Waals surface area contributed by atoms with Gasteiger partial charge in [-0.1, -0.05) is 16.5 Å². The lowest BCUT2D eigenvalue weighted by molar-refractivity contribution is 0.0746. The summed E-state index contributed by atoms with van der Waals surface area (Å²) >= 11 is 1.59. The minimum atomic E-state index is 0.0194. The molecule has 0 radical (unpaired) electrons. The number of thiazole rings is 1. The molecule has 1 amide bonds. The second-order valence-corrected chi connectivity index (χ2v) is 8.10. The first-order chi connectivity index (χ1) is 15.2. The van der Waals surface area contributed by atoms with Gasteiger partial charge in [0.1, 0.15) is 16.1 Å². The van der Waals surface area contributed by atoms with Crippen molar-refractivity contribution < 1.29 is 14.1 Å². The number of anilines is 1. The Kier molecular flexibility index (Phi) is 5.21. The molecule has 0 unspecified atom stereocenters. The summed E-state index contributed by atoms with van der Waals surface area (Å²) in [7, 11) is 0. The van der Waals surface area contributed by atoms with Crippen LogP contribution >= 0.6 is 11.3 Å². The van der Waals surface area contributed by atoms with Gasteiger partial charge in [-0.15, -0.1) is 0 Å². The van der Waals surface area contributed by atoms with Crippen molar-refractivity contribution in [1.29, 1.82) is 0 Å². The largest absolute Gasteiger partial charge is 0.485 e. The number of hydrogen-bond donors (Lipinski definition) is 0. The molecular weight excluding hydrogens is 416 g/mol. The lowest BCUT2D eigenvalue weighted by Gasteiger charge is -2.34. The van der Waals surface area contributed by atoms with Crippen LogP contribution in [0.2, 0.25) is 0 Å². The van der Waals surface area contributed by atoms with Gasteiger partial charge in [-0.25, -0.2) is 9.97 Å². The average Bonchev–Trinajstić information content (AvgIpc) is 3.43. The average molecular weight is 436 g/mol. The van der Waals surface area contributed by atoms with Gasteiger partial charge in [-0.2, -0.15) is 4.98 Å². The Bertz CT molecular complexity index is 1160. The zero-order valence-electron chi connectivity index (χ0n) is 16.9. The summed E-state index contributed by atoms with van der Waals surface area (Å²) in [6, 6.07) is 11.0. The van der Waals surface area contributed by atoms with Crippen molar-refractivity contribution in [2.75, 3.05) is 31.1 Å². The predicted octanol–water partition coefficient (Wildman–Crippen LogP) is 2.92. The fourth-order valence-electron chi connectivity index (χ4n) is 3.42. The van der Waals surface area contributed by atoms with Crippen LogP contribution in [0.4, 0.5) is 5.13 Å². The molecule has 0 spiro atoms. The molecular formula is C21H20N6O3S. The topological polar surface area (TPSA) is 97.5 Å². The molecule has 9 nitrogen and oxygen atoms in total. The van der Waals surface area contributed by atoms with E-state index >= 15 is 0 Å². The van der Waals surface area contributed by atoms with Crippen LogP contribution in [0, 0.1) is 6.92 Å². The Hall–Kier alpha value is -3.53. The zero-order valence-corrected chi connectivity index (χ0v) is 17.7. The number of carbonyl (C=O) groups is 1. The Morgan fingerprint density at radius 1 is 1.13 bits per heavy atom. The van der Waals surface area contributed by atoms with Crippen molar-refractivity contribution in [3.05, 3.63) is 59.9 Å². The maximum absolute atomic E-state index is 12.9. The first-order valence-corrected chi connectivity index (χ1v) is 10.8. The van der Waals surface area contributed by atoms with E-state index in [9.17, 15) is 4.79 Å². The number of piperazine rings is 1. The smallest absolute Gasteiger partial charge is 0.253 e. The van der Waals surface area contributed by atoms with Gasteiger partial charge in [0.15, 0.2) is 11.7 Å². The molecule has 31 heavy (non-hydrogen) atoms. The molecule has 3 aromatic heterocycles. The van der Waals surface area contributed by atoms with Crippen molar-refractivity contribution in [3.8, 4) is 5.75 Å². The highest BCUT2D eigenvalue weighted by atomic mass is 32.1. The van der Waals surface area contributed by atoms with E-state index in [0.29, 0.717) is 36.1 Å². The number of ether oxygens (including phenoxy) is 1. The Morgan fingerprint density at radius 3 is 2.65 bits per heavy atom. The fourth-order valence-corrected chi connectivity index (χ4v) is 4.38. The van der Waals surface area contributed by atoms with Gasteiger partial charge < -0.3 is 19.1 Å². The SMILES string of the molecule is Cc1nc(COc2ccc(C(=O)N3CCN(c4nc5cccnc5s4)CC3)cc2)no1. The Labute approximate surface area is 182 Å². The van der Waals surface area contributed by atoms with Crippen molar-refractivity contribution in [2.45, 2.75) is 13.5 Å². The lowest BCUT2D eigenvalue weighted by atomic mass is 10.1. The van der Waals surface area contributed by atoms with Gasteiger partial charge in [0.2, 0.25) is 11.7 Å². The van der Waals surface area contributed by atoms with Gasteiger partial charge >= 0.3 is 0 Å². The molecule has 0 N–H and O–H groups in total. The number of benzene rings is 1. The molecule has 0 bridgehead atoms. The summed E-state index contributed by atoms with van der Waals surface area (Å²) in [5.74, 6) is 1.65. The number of fused-ring (bicyclic) bond motifs is 1. The summed E-state index contributed by atoms with van der Waals surface area (Å²) in [4.78, 5) is 31.0. The molecule has 1 fully saturated rings. The van der Waals surface area contributed by atoms with Crippen molar-refractivity contribution in [3.63, 3.8) is 0 Å². The molecule has 4 heterocycles. The molecule has 4 aromatic rings. The maximum Gasteiger partial charge on any atom is 0.253 e. The van der Waals surface area contributed by atoms with E-state index in [4.69, 9.17) is 9.26 Å². The van der Waals surface area contributed by atoms with Gasteiger partial charge in [0.25, 0.3) is 5.91 Å². The van der Waals surface area contributed by atoms with Crippen LogP contribution < -0.4 is 9.64 Å². The predicted molar refractivity (Wildman–Crippen MR) is 115 cm³/mol. The Balaban J connectivity index is 1.17. The number of rotatable bonds is 5. The first kappa shape index (κ1) is 19.4. The van der Waals surface area contributed by atoms with Gasteiger partial charge in [-0.05, 0) is 36.4 Å². The Morgan fingerprint density at radius 2 is 1.94 bits per heavy atom. The van der Waals surface area contributed by atoms with Gasteiger partial charge in [0, 0.05) is 44.9 Å². The summed E-state index contributed by atoms with van der Waals surface area (Å²) in [6.07, 6.45) is 1.78. The van der Waals surface area contributed by atoms with E-state index in [1.807, 2.05) is 17.0 Å². The molecule has 158 valence electrons. The third-order valence-electron chi connectivity index (χ3n) is 5.03. The number of carbonyl (C=O) groups excluding carboxylic acids is 1. The van der Waals surface area contributed by atoms with Crippen LogP contribution in [-0.4, -0.2) is 57.1 Å². The molecule has 1 saturated heterocycles. The monoisotopic (exact) mass is 436 g/mol. The van der Waals surface area contributed by atoms with E-state index < -0.39 is 0 Å². The number of aryl methyl sites for hydroxylation is 1. The number of aromatic nitrogens is 4. The van der Waals surface area contributed by atoms with E-state index in [-0.39, 0.29) is 12.5 Å². The van der Waals surface area contributed by atoms with Crippen molar-refractivity contribution in [2.24, 2.45) is 0 Å². The molecule has 1 aliphatic rings. The van der Waals surface area contributed by atoms with Gasteiger partial charge in [0.05, 0.1) is 0 Å². The van der Waals surface area contributed by atoms with Gasteiger partial charge in [-0.3, -0.25) is 4.79 Å².